The fraction of sp³-hybridized carbons (Fsp3) is 0.200. The van der Waals surface area contributed by atoms with Gasteiger partial charge in [0.15, 0.2) is 0 Å². The lowest BCUT2D eigenvalue weighted by atomic mass is 10.2. The van der Waals surface area contributed by atoms with Crippen molar-refractivity contribution in [2.45, 2.75) is 18.7 Å². The molecule has 4 heteroatoms. The van der Waals surface area contributed by atoms with Crippen LogP contribution in [0.4, 0.5) is 0 Å². The van der Waals surface area contributed by atoms with Crippen molar-refractivity contribution in [2.24, 2.45) is 0 Å². The van der Waals surface area contributed by atoms with E-state index in [1.165, 1.54) is 12.1 Å². The first-order valence-electron chi connectivity index (χ1n) is 4.24. The molecule has 1 aromatic rings. The molecule has 0 saturated heterocycles. The largest absolute Gasteiger partial charge is 0.294 e. The van der Waals surface area contributed by atoms with Gasteiger partial charge in [0, 0.05) is 0 Å². The maximum Gasteiger partial charge on any atom is 0.294 e. The van der Waals surface area contributed by atoms with E-state index in [4.69, 9.17) is 4.55 Å². The van der Waals surface area contributed by atoms with Gasteiger partial charge in [0.25, 0.3) is 10.1 Å². The smallest absolute Gasteiger partial charge is 0.282 e. The topological polar surface area (TPSA) is 54.4 Å². The van der Waals surface area contributed by atoms with Gasteiger partial charge in [-0.25, -0.2) is 0 Å². The molecule has 0 aliphatic rings. The van der Waals surface area contributed by atoms with Crippen LogP contribution in [0.5, 0.6) is 0 Å². The van der Waals surface area contributed by atoms with Crippen molar-refractivity contribution >= 4 is 16.2 Å². The first-order valence-corrected chi connectivity index (χ1v) is 5.68. The Morgan fingerprint density at radius 2 is 1.64 bits per heavy atom. The zero-order chi connectivity index (χ0) is 11.2. The Morgan fingerprint density at radius 1 is 1.21 bits per heavy atom. The summed E-state index contributed by atoms with van der Waals surface area (Å²) in [6.45, 7) is 7.51. The molecule has 0 aliphatic heterocycles. The molecule has 14 heavy (non-hydrogen) atoms. The van der Waals surface area contributed by atoms with Crippen molar-refractivity contribution < 1.29 is 13.0 Å². The molecule has 0 aliphatic carbocycles. The predicted octanol–water partition coefficient (Wildman–Crippen LogP) is 2.60. The van der Waals surface area contributed by atoms with E-state index in [9.17, 15) is 8.42 Å². The molecule has 0 saturated carbocycles. The predicted molar refractivity (Wildman–Crippen MR) is 57.7 cm³/mol. The molecule has 0 heterocycles. The summed E-state index contributed by atoms with van der Waals surface area (Å²) in [7, 11) is -4.06. The normalized spacial score (nSPS) is 9.93. The molecule has 0 unspecified atom stereocenters. The second-order valence-corrected chi connectivity index (χ2v) is 3.67. The van der Waals surface area contributed by atoms with Crippen LogP contribution in [0.25, 0.3) is 6.08 Å². The average Bonchev–Trinajstić information content (AvgIpc) is 2.20. The van der Waals surface area contributed by atoms with E-state index in [0.717, 1.165) is 5.56 Å². The number of hydrogen-bond donors (Lipinski definition) is 1. The summed E-state index contributed by atoms with van der Waals surface area (Å²) in [6.07, 6.45) is 1.59. The highest BCUT2D eigenvalue weighted by Gasteiger charge is 2.07. The lowest BCUT2D eigenvalue weighted by Gasteiger charge is -1.96. The van der Waals surface area contributed by atoms with Crippen molar-refractivity contribution in [3.8, 4) is 0 Å². The van der Waals surface area contributed by atoms with Gasteiger partial charge >= 0.3 is 0 Å². The fourth-order valence-corrected chi connectivity index (χ4v) is 1.26. The molecule has 0 radical (unpaired) electrons. The summed E-state index contributed by atoms with van der Waals surface area (Å²) < 4.78 is 29.7. The van der Waals surface area contributed by atoms with E-state index >= 15 is 0 Å². The molecule has 0 aromatic heterocycles. The van der Waals surface area contributed by atoms with E-state index in [2.05, 4.69) is 6.58 Å². The minimum absolute atomic E-state index is 0.104. The monoisotopic (exact) mass is 214 g/mol. The lowest BCUT2D eigenvalue weighted by Crippen LogP contribution is -1.96. The Bertz CT molecular complexity index is 376. The molecule has 0 amide bonds. The Hall–Kier alpha value is -1.13. The third kappa shape index (κ3) is 3.72. The molecule has 78 valence electrons. The van der Waals surface area contributed by atoms with Crippen LogP contribution in [0, 0.1) is 0 Å². The minimum atomic E-state index is -4.06. The average molecular weight is 214 g/mol. The Labute approximate surface area is 84.8 Å². The Kier molecular flexibility index (Phi) is 5.12. The third-order valence-electron chi connectivity index (χ3n) is 1.41. The first kappa shape index (κ1) is 12.9. The summed E-state index contributed by atoms with van der Waals surface area (Å²) in [5.41, 5.74) is 0.808. The van der Waals surface area contributed by atoms with Crippen LogP contribution in [0.2, 0.25) is 0 Å². The van der Waals surface area contributed by atoms with Gasteiger partial charge in [-0.1, -0.05) is 38.6 Å². The van der Waals surface area contributed by atoms with Crippen LogP contribution in [-0.4, -0.2) is 13.0 Å². The van der Waals surface area contributed by atoms with Gasteiger partial charge in [0.1, 0.15) is 0 Å². The molecule has 0 fully saturated rings. The van der Waals surface area contributed by atoms with Gasteiger partial charge in [0.05, 0.1) is 4.90 Å². The van der Waals surface area contributed by atoms with Crippen molar-refractivity contribution in [3.05, 3.63) is 36.4 Å². The van der Waals surface area contributed by atoms with Crippen LogP contribution in [-0.2, 0) is 10.1 Å². The highest BCUT2D eigenvalue weighted by Crippen LogP contribution is 2.10. The van der Waals surface area contributed by atoms with Crippen LogP contribution in [0.3, 0.4) is 0 Å². The van der Waals surface area contributed by atoms with E-state index < -0.39 is 10.1 Å². The molecule has 0 spiro atoms. The lowest BCUT2D eigenvalue weighted by molar-refractivity contribution is 0.483. The Morgan fingerprint density at radius 3 is 1.93 bits per heavy atom. The van der Waals surface area contributed by atoms with Crippen molar-refractivity contribution in [2.75, 3.05) is 0 Å². The van der Waals surface area contributed by atoms with Gasteiger partial charge in [-0.2, -0.15) is 8.42 Å². The van der Waals surface area contributed by atoms with Crippen molar-refractivity contribution in [1.29, 1.82) is 0 Å². The van der Waals surface area contributed by atoms with E-state index in [1.54, 1.807) is 18.2 Å². The standard InChI is InChI=1S/C8H8O3S.C2H6/c1-2-7-3-5-8(6-4-7)12(9,10)11;1-2/h2-6H,1H2,(H,9,10,11);1-2H3. The molecule has 1 rings (SSSR count). The van der Waals surface area contributed by atoms with Crippen LogP contribution in [0.15, 0.2) is 35.7 Å². The minimum Gasteiger partial charge on any atom is -0.282 e. The maximum absolute atomic E-state index is 10.6. The zero-order valence-corrected chi connectivity index (χ0v) is 9.08. The summed E-state index contributed by atoms with van der Waals surface area (Å²) in [6, 6.07) is 5.78. The van der Waals surface area contributed by atoms with Gasteiger partial charge in [0.2, 0.25) is 0 Å². The van der Waals surface area contributed by atoms with Crippen molar-refractivity contribution in [3.63, 3.8) is 0 Å². The van der Waals surface area contributed by atoms with Gasteiger partial charge in [-0.3, -0.25) is 4.55 Å². The second kappa shape index (κ2) is 5.57. The third-order valence-corrected chi connectivity index (χ3v) is 2.28. The van der Waals surface area contributed by atoms with E-state index in [-0.39, 0.29) is 4.90 Å². The van der Waals surface area contributed by atoms with Crippen LogP contribution >= 0.6 is 0 Å². The van der Waals surface area contributed by atoms with Gasteiger partial charge in [-0.05, 0) is 17.7 Å². The molecular formula is C10H14O3S. The van der Waals surface area contributed by atoms with E-state index in [1.807, 2.05) is 13.8 Å². The highest BCUT2D eigenvalue weighted by molar-refractivity contribution is 7.85. The Balaban J connectivity index is 0.000000791. The summed E-state index contributed by atoms with van der Waals surface area (Å²) in [4.78, 5) is -0.104. The summed E-state index contributed by atoms with van der Waals surface area (Å²) in [5.74, 6) is 0. The fourth-order valence-electron chi connectivity index (χ4n) is 0.776. The summed E-state index contributed by atoms with van der Waals surface area (Å²) in [5, 5.41) is 0. The second-order valence-electron chi connectivity index (χ2n) is 2.25. The molecule has 0 bridgehead atoms. The van der Waals surface area contributed by atoms with Gasteiger partial charge in [-0.15, -0.1) is 0 Å². The van der Waals surface area contributed by atoms with Gasteiger partial charge < -0.3 is 0 Å². The summed E-state index contributed by atoms with van der Waals surface area (Å²) >= 11 is 0. The number of rotatable bonds is 2. The van der Waals surface area contributed by atoms with Crippen LogP contribution in [0.1, 0.15) is 19.4 Å². The quantitative estimate of drug-likeness (QED) is 0.770. The highest BCUT2D eigenvalue weighted by atomic mass is 32.2. The number of hydrogen-bond acceptors (Lipinski definition) is 2. The van der Waals surface area contributed by atoms with E-state index in [0.29, 0.717) is 0 Å². The molecule has 3 nitrogen and oxygen atoms in total. The molecule has 1 N–H and O–H groups in total. The SMILES string of the molecule is C=Cc1ccc(S(=O)(=O)O)cc1.CC. The first-order chi connectivity index (χ1) is 6.54. The maximum atomic E-state index is 10.6. The number of benzene rings is 1. The van der Waals surface area contributed by atoms with Crippen molar-refractivity contribution in [1.82, 2.24) is 0 Å². The molecule has 1 aromatic carbocycles. The molecular weight excluding hydrogens is 200 g/mol. The zero-order valence-electron chi connectivity index (χ0n) is 8.27. The molecule has 0 atom stereocenters. The van der Waals surface area contributed by atoms with Crippen LogP contribution < -0.4 is 0 Å².